The molecule has 5 heteroatoms. The third kappa shape index (κ3) is 2.93. The standard InChI is InChI=1S/C17H16N2O3/c1-13-17(20)19(11-5-9-14-7-3-2-4-8-14)16(18-22-13)15-10-6-12-21-15/h2-10,12-13H,11H2,1H3/b9-5+. The van der Waals surface area contributed by atoms with Crippen LogP contribution in [0.3, 0.4) is 0 Å². The molecule has 5 nitrogen and oxygen atoms in total. The summed E-state index contributed by atoms with van der Waals surface area (Å²) >= 11 is 0. The number of amidine groups is 1. The highest BCUT2D eigenvalue weighted by molar-refractivity contribution is 6.08. The summed E-state index contributed by atoms with van der Waals surface area (Å²) in [5.41, 5.74) is 1.08. The van der Waals surface area contributed by atoms with E-state index in [4.69, 9.17) is 9.25 Å². The molecular formula is C17H16N2O3. The van der Waals surface area contributed by atoms with E-state index >= 15 is 0 Å². The van der Waals surface area contributed by atoms with E-state index in [1.54, 1.807) is 30.2 Å². The van der Waals surface area contributed by atoms with Crippen LogP contribution in [0, 0.1) is 0 Å². The summed E-state index contributed by atoms with van der Waals surface area (Å²) < 4.78 is 5.32. The molecule has 1 aliphatic heterocycles. The average molecular weight is 296 g/mol. The zero-order valence-corrected chi connectivity index (χ0v) is 12.2. The van der Waals surface area contributed by atoms with Crippen LogP contribution >= 0.6 is 0 Å². The molecule has 2 heterocycles. The number of oxime groups is 1. The molecule has 22 heavy (non-hydrogen) atoms. The third-order valence-electron chi connectivity index (χ3n) is 3.31. The Labute approximate surface area is 128 Å². The molecule has 0 aliphatic carbocycles. The number of furan rings is 1. The van der Waals surface area contributed by atoms with Gasteiger partial charge < -0.3 is 9.25 Å². The second-order valence-electron chi connectivity index (χ2n) is 4.90. The molecule has 0 radical (unpaired) electrons. The van der Waals surface area contributed by atoms with Gasteiger partial charge in [0.2, 0.25) is 11.9 Å². The molecule has 0 saturated carbocycles. The molecule has 2 aromatic rings. The van der Waals surface area contributed by atoms with Gasteiger partial charge in [-0.3, -0.25) is 9.69 Å². The first-order valence-corrected chi connectivity index (χ1v) is 7.06. The zero-order valence-electron chi connectivity index (χ0n) is 12.2. The fourth-order valence-corrected chi connectivity index (χ4v) is 2.17. The van der Waals surface area contributed by atoms with Gasteiger partial charge in [-0.05, 0) is 24.6 Å². The zero-order chi connectivity index (χ0) is 15.4. The molecule has 0 bridgehead atoms. The summed E-state index contributed by atoms with van der Waals surface area (Å²) in [5.74, 6) is 0.762. The van der Waals surface area contributed by atoms with Crippen LogP contribution < -0.4 is 0 Å². The summed E-state index contributed by atoms with van der Waals surface area (Å²) in [6.45, 7) is 2.08. The lowest BCUT2D eigenvalue weighted by atomic mass is 10.2. The van der Waals surface area contributed by atoms with E-state index in [-0.39, 0.29) is 5.91 Å². The third-order valence-corrected chi connectivity index (χ3v) is 3.31. The Kier molecular flexibility index (Phi) is 4.05. The Morgan fingerprint density at radius 2 is 2.05 bits per heavy atom. The van der Waals surface area contributed by atoms with E-state index < -0.39 is 6.10 Å². The van der Waals surface area contributed by atoms with Crippen molar-refractivity contribution in [1.29, 1.82) is 0 Å². The number of hydrogen-bond acceptors (Lipinski definition) is 4. The number of carbonyl (C=O) groups excluding carboxylic acids is 1. The minimum absolute atomic E-state index is 0.140. The summed E-state index contributed by atoms with van der Waals surface area (Å²) in [5, 5.41) is 4.00. The Morgan fingerprint density at radius 3 is 2.77 bits per heavy atom. The molecule has 1 aromatic heterocycles. The normalized spacial score (nSPS) is 18.4. The number of rotatable bonds is 4. The van der Waals surface area contributed by atoms with Crippen LogP contribution in [0.15, 0.2) is 64.4 Å². The van der Waals surface area contributed by atoms with E-state index in [9.17, 15) is 4.79 Å². The lowest BCUT2D eigenvalue weighted by Crippen LogP contribution is -2.46. The van der Waals surface area contributed by atoms with E-state index in [1.165, 1.54) is 0 Å². The number of hydrogen-bond donors (Lipinski definition) is 0. The first-order chi connectivity index (χ1) is 10.8. The fourth-order valence-electron chi connectivity index (χ4n) is 2.17. The van der Waals surface area contributed by atoms with Crippen molar-refractivity contribution in [3.63, 3.8) is 0 Å². The summed E-state index contributed by atoms with van der Waals surface area (Å²) in [6, 6.07) is 13.4. The van der Waals surface area contributed by atoms with Crippen LogP contribution in [0.5, 0.6) is 0 Å². The van der Waals surface area contributed by atoms with Gasteiger partial charge in [0, 0.05) is 6.54 Å². The maximum atomic E-state index is 12.3. The van der Waals surface area contributed by atoms with Crippen LogP contribution in [-0.4, -0.2) is 29.3 Å². The number of amides is 1. The minimum atomic E-state index is -0.594. The van der Waals surface area contributed by atoms with Crippen molar-refractivity contribution < 1.29 is 14.0 Å². The van der Waals surface area contributed by atoms with Crippen molar-refractivity contribution in [3.8, 4) is 0 Å². The monoisotopic (exact) mass is 296 g/mol. The maximum Gasteiger partial charge on any atom is 0.272 e. The van der Waals surface area contributed by atoms with Gasteiger partial charge in [0.05, 0.1) is 6.26 Å². The van der Waals surface area contributed by atoms with Gasteiger partial charge in [0.15, 0.2) is 5.76 Å². The van der Waals surface area contributed by atoms with E-state index in [0.29, 0.717) is 18.1 Å². The molecular weight excluding hydrogens is 280 g/mol. The largest absolute Gasteiger partial charge is 0.461 e. The molecule has 1 aliphatic rings. The van der Waals surface area contributed by atoms with E-state index in [1.807, 2.05) is 42.5 Å². The van der Waals surface area contributed by atoms with Gasteiger partial charge >= 0.3 is 0 Å². The van der Waals surface area contributed by atoms with Gasteiger partial charge in [0.25, 0.3) is 5.91 Å². The Hall–Kier alpha value is -2.82. The lowest BCUT2D eigenvalue weighted by Gasteiger charge is -2.27. The Bertz CT molecular complexity index is 690. The summed E-state index contributed by atoms with van der Waals surface area (Å²) in [4.78, 5) is 19.0. The van der Waals surface area contributed by atoms with Crippen LogP contribution in [0.4, 0.5) is 0 Å². The molecule has 0 spiro atoms. The highest BCUT2D eigenvalue weighted by Crippen LogP contribution is 2.15. The molecule has 1 unspecified atom stereocenters. The van der Waals surface area contributed by atoms with E-state index in [0.717, 1.165) is 5.56 Å². The molecule has 1 amide bonds. The molecule has 0 N–H and O–H groups in total. The summed E-state index contributed by atoms with van der Waals surface area (Å²) in [7, 11) is 0. The first kappa shape index (κ1) is 14.1. The fraction of sp³-hybridized carbons (Fsp3) is 0.176. The van der Waals surface area contributed by atoms with Crippen molar-refractivity contribution in [2.45, 2.75) is 13.0 Å². The van der Waals surface area contributed by atoms with Crippen molar-refractivity contribution >= 4 is 17.8 Å². The van der Waals surface area contributed by atoms with Crippen LogP contribution in [0.25, 0.3) is 6.08 Å². The van der Waals surface area contributed by atoms with Crippen molar-refractivity contribution in [2.75, 3.05) is 6.54 Å². The molecule has 1 aromatic carbocycles. The Balaban J connectivity index is 1.79. The predicted molar refractivity (Wildman–Crippen MR) is 83.0 cm³/mol. The number of nitrogens with zero attached hydrogens (tertiary/aromatic N) is 2. The van der Waals surface area contributed by atoms with Crippen molar-refractivity contribution in [2.24, 2.45) is 5.16 Å². The Morgan fingerprint density at radius 1 is 1.23 bits per heavy atom. The lowest BCUT2D eigenvalue weighted by molar-refractivity contribution is -0.141. The second-order valence-corrected chi connectivity index (χ2v) is 4.90. The predicted octanol–water partition coefficient (Wildman–Crippen LogP) is 2.90. The van der Waals surface area contributed by atoms with Gasteiger partial charge in [-0.1, -0.05) is 47.6 Å². The second kappa shape index (κ2) is 6.30. The van der Waals surface area contributed by atoms with Crippen LogP contribution in [0.2, 0.25) is 0 Å². The highest BCUT2D eigenvalue weighted by Gasteiger charge is 2.32. The first-order valence-electron chi connectivity index (χ1n) is 7.06. The average Bonchev–Trinajstić information content (AvgIpc) is 3.07. The minimum Gasteiger partial charge on any atom is -0.461 e. The topological polar surface area (TPSA) is 55.0 Å². The molecule has 0 saturated heterocycles. The SMILES string of the molecule is CC1ON=C(c2ccco2)N(C/C=C/c2ccccc2)C1=O. The van der Waals surface area contributed by atoms with Crippen molar-refractivity contribution in [3.05, 3.63) is 66.1 Å². The van der Waals surface area contributed by atoms with Crippen molar-refractivity contribution in [1.82, 2.24) is 4.90 Å². The summed E-state index contributed by atoms with van der Waals surface area (Å²) in [6.07, 6.45) is 4.83. The van der Waals surface area contributed by atoms with E-state index in [2.05, 4.69) is 5.16 Å². The van der Waals surface area contributed by atoms with Gasteiger partial charge in [-0.15, -0.1) is 0 Å². The van der Waals surface area contributed by atoms with Gasteiger partial charge in [0.1, 0.15) is 0 Å². The molecule has 1 atom stereocenters. The van der Waals surface area contributed by atoms with Gasteiger partial charge in [-0.25, -0.2) is 0 Å². The highest BCUT2D eigenvalue weighted by atomic mass is 16.6. The molecule has 112 valence electrons. The molecule has 0 fully saturated rings. The number of carbonyl (C=O) groups is 1. The van der Waals surface area contributed by atoms with Gasteiger partial charge in [-0.2, -0.15) is 0 Å². The maximum absolute atomic E-state index is 12.3. The van der Waals surface area contributed by atoms with Crippen LogP contribution in [0.1, 0.15) is 18.2 Å². The number of benzene rings is 1. The quantitative estimate of drug-likeness (QED) is 0.871. The molecule has 3 rings (SSSR count). The smallest absolute Gasteiger partial charge is 0.272 e. The van der Waals surface area contributed by atoms with Crippen LogP contribution in [-0.2, 0) is 9.63 Å².